The predicted molar refractivity (Wildman–Crippen MR) is 98.6 cm³/mol. The van der Waals surface area contributed by atoms with Gasteiger partial charge in [0.1, 0.15) is 5.82 Å². The number of benzene rings is 2. The number of nitrogens with zero attached hydrogens (tertiary/aromatic N) is 2. The first-order valence-electron chi connectivity index (χ1n) is 8.42. The average molecular weight is 352 g/mol. The van der Waals surface area contributed by atoms with Gasteiger partial charge in [0, 0.05) is 11.6 Å². The van der Waals surface area contributed by atoms with Crippen molar-refractivity contribution in [1.82, 2.24) is 15.3 Å². The van der Waals surface area contributed by atoms with Gasteiger partial charge in [-0.25, -0.2) is 4.98 Å². The number of nitrogens with one attached hydrogen (secondary N) is 2. The molecule has 1 amide bonds. The lowest BCUT2D eigenvalue weighted by Crippen LogP contribution is -2.33. The van der Waals surface area contributed by atoms with Crippen molar-refractivity contribution in [2.75, 3.05) is 0 Å². The highest BCUT2D eigenvalue weighted by Crippen LogP contribution is 2.23. The van der Waals surface area contributed by atoms with Gasteiger partial charge in [-0.2, -0.15) is 0 Å². The van der Waals surface area contributed by atoms with Crippen LogP contribution >= 0.6 is 0 Å². The van der Waals surface area contributed by atoms with Crippen LogP contribution in [0.4, 0.5) is 5.69 Å². The summed E-state index contributed by atoms with van der Waals surface area (Å²) in [5.41, 5.74) is 2.08. The van der Waals surface area contributed by atoms with E-state index >= 15 is 0 Å². The summed E-state index contributed by atoms with van der Waals surface area (Å²) in [5.74, 6) is 0.501. The van der Waals surface area contributed by atoms with Crippen LogP contribution in [0.25, 0.3) is 11.0 Å². The highest BCUT2D eigenvalue weighted by Gasteiger charge is 2.23. The Morgan fingerprint density at radius 1 is 1.19 bits per heavy atom. The number of hydrogen-bond donors (Lipinski definition) is 2. The molecule has 1 aromatic heterocycles. The normalized spacial score (nSPS) is 12.3. The molecule has 134 valence electrons. The molecule has 7 nitrogen and oxygen atoms in total. The summed E-state index contributed by atoms with van der Waals surface area (Å²) in [7, 11) is 0. The summed E-state index contributed by atoms with van der Waals surface area (Å²) in [6, 6.07) is 13.6. The second kappa shape index (κ2) is 7.35. The van der Waals surface area contributed by atoms with Gasteiger partial charge in [0.25, 0.3) is 5.69 Å². The number of rotatable bonds is 6. The summed E-state index contributed by atoms with van der Waals surface area (Å²) >= 11 is 0. The zero-order valence-electron chi connectivity index (χ0n) is 14.6. The number of aromatic amines is 1. The van der Waals surface area contributed by atoms with Gasteiger partial charge in [0.15, 0.2) is 0 Å². The third-order valence-electron chi connectivity index (χ3n) is 4.22. The Balaban J connectivity index is 1.80. The lowest BCUT2D eigenvalue weighted by Gasteiger charge is -2.20. The monoisotopic (exact) mass is 352 g/mol. The molecule has 2 N–H and O–H groups in total. The highest BCUT2D eigenvalue weighted by molar-refractivity contribution is 5.80. The number of carbonyl (C=O) groups excluding carboxylic acids is 1. The van der Waals surface area contributed by atoms with Crippen LogP contribution in [0.3, 0.4) is 0 Å². The number of aromatic nitrogens is 2. The third-order valence-corrected chi connectivity index (χ3v) is 4.22. The number of imidazole rings is 1. The van der Waals surface area contributed by atoms with Crippen molar-refractivity contribution in [3.8, 4) is 0 Å². The van der Waals surface area contributed by atoms with Crippen LogP contribution in [0.15, 0.2) is 48.5 Å². The van der Waals surface area contributed by atoms with E-state index in [9.17, 15) is 14.9 Å². The molecule has 0 fully saturated rings. The topological polar surface area (TPSA) is 101 Å². The van der Waals surface area contributed by atoms with Crippen molar-refractivity contribution in [3.63, 3.8) is 0 Å². The smallest absolute Gasteiger partial charge is 0.273 e. The van der Waals surface area contributed by atoms with E-state index in [-0.39, 0.29) is 30.0 Å². The van der Waals surface area contributed by atoms with Gasteiger partial charge < -0.3 is 10.3 Å². The minimum absolute atomic E-state index is 0.0486. The second-order valence-electron chi connectivity index (χ2n) is 6.49. The summed E-state index contributed by atoms with van der Waals surface area (Å²) in [6.45, 7) is 3.98. The largest absolute Gasteiger partial charge is 0.346 e. The van der Waals surface area contributed by atoms with Crippen LogP contribution in [0, 0.1) is 16.0 Å². The third kappa shape index (κ3) is 3.72. The Labute approximate surface area is 150 Å². The molecule has 2 aromatic carbocycles. The Morgan fingerprint density at radius 3 is 2.58 bits per heavy atom. The molecule has 0 radical (unpaired) electrons. The molecule has 0 bridgehead atoms. The fourth-order valence-corrected chi connectivity index (χ4v) is 2.91. The standard InChI is InChI=1S/C19H20N4O3/c1-12(2)18(19-20-14-8-4-5-9-15(14)21-19)22-17(24)11-13-7-3-6-10-16(13)23(25)26/h3-10,12,18H,11H2,1-2H3,(H,20,21)(H,22,24). The summed E-state index contributed by atoms with van der Waals surface area (Å²) in [4.78, 5) is 31.0. The molecule has 7 heteroatoms. The van der Waals surface area contributed by atoms with E-state index in [1.165, 1.54) is 6.07 Å². The van der Waals surface area contributed by atoms with Gasteiger partial charge >= 0.3 is 0 Å². The SMILES string of the molecule is CC(C)C(NC(=O)Cc1ccccc1[N+](=O)[O-])c1nc2ccccc2[nH]1. The van der Waals surface area contributed by atoms with Gasteiger partial charge in [-0.1, -0.05) is 44.2 Å². The maximum atomic E-state index is 12.5. The first kappa shape index (κ1) is 17.6. The van der Waals surface area contributed by atoms with E-state index in [0.29, 0.717) is 11.4 Å². The number of fused-ring (bicyclic) bond motifs is 1. The van der Waals surface area contributed by atoms with Crippen molar-refractivity contribution in [2.24, 2.45) is 5.92 Å². The van der Waals surface area contributed by atoms with Crippen LogP contribution in [-0.4, -0.2) is 20.8 Å². The number of hydrogen-bond acceptors (Lipinski definition) is 4. The van der Waals surface area contributed by atoms with Crippen molar-refractivity contribution in [3.05, 3.63) is 70.0 Å². The molecule has 3 rings (SSSR count). The minimum atomic E-state index is -0.470. The van der Waals surface area contributed by atoms with Crippen molar-refractivity contribution in [2.45, 2.75) is 26.3 Å². The number of para-hydroxylation sites is 3. The summed E-state index contributed by atoms with van der Waals surface area (Å²) < 4.78 is 0. The minimum Gasteiger partial charge on any atom is -0.346 e. The zero-order valence-corrected chi connectivity index (χ0v) is 14.6. The van der Waals surface area contributed by atoms with Crippen molar-refractivity contribution in [1.29, 1.82) is 0 Å². The fourth-order valence-electron chi connectivity index (χ4n) is 2.91. The molecule has 0 aliphatic rings. The highest BCUT2D eigenvalue weighted by atomic mass is 16.6. The molecule has 3 aromatic rings. The van der Waals surface area contributed by atoms with E-state index in [1.54, 1.807) is 18.2 Å². The van der Waals surface area contributed by atoms with Gasteiger partial charge in [-0.15, -0.1) is 0 Å². The Hall–Kier alpha value is -3.22. The van der Waals surface area contributed by atoms with Gasteiger partial charge in [-0.05, 0) is 18.1 Å². The number of carbonyl (C=O) groups is 1. The molecule has 0 spiro atoms. The zero-order chi connectivity index (χ0) is 18.7. The average Bonchev–Trinajstić information content (AvgIpc) is 3.03. The molecule has 26 heavy (non-hydrogen) atoms. The van der Waals surface area contributed by atoms with Crippen LogP contribution in [0.1, 0.15) is 31.3 Å². The van der Waals surface area contributed by atoms with Crippen LogP contribution in [0.2, 0.25) is 0 Å². The van der Waals surface area contributed by atoms with E-state index in [2.05, 4.69) is 15.3 Å². The first-order valence-corrected chi connectivity index (χ1v) is 8.42. The quantitative estimate of drug-likeness (QED) is 0.523. The van der Waals surface area contributed by atoms with Crippen molar-refractivity contribution < 1.29 is 9.72 Å². The molecular weight excluding hydrogens is 332 g/mol. The number of H-pyrrole nitrogens is 1. The first-order chi connectivity index (χ1) is 12.5. The maximum Gasteiger partial charge on any atom is 0.273 e. The molecule has 0 aliphatic heterocycles. The summed E-state index contributed by atoms with van der Waals surface area (Å²) in [5, 5.41) is 14.1. The van der Waals surface area contributed by atoms with Gasteiger partial charge in [0.2, 0.25) is 5.91 Å². The predicted octanol–water partition coefficient (Wildman–Crippen LogP) is 3.53. The van der Waals surface area contributed by atoms with E-state index < -0.39 is 4.92 Å². The Kier molecular flexibility index (Phi) is 4.97. The second-order valence-corrected chi connectivity index (χ2v) is 6.49. The van der Waals surface area contributed by atoms with Crippen molar-refractivity contribution >= 4 is 22.6 Å². The molecule has 0 aliphatic carbocycles. The fraction of sp³-hybridized carbons (Fsp3) is 0.263. The molecule has 1 atom stereocenters. The number of nitro benzene ring substituents is 1. The van der Waals surface area contributed by atoms with E-state index in [1.807, 2.05) is 38.1 Å². The molecule has 1 heterocycles. The Morgan fingerprint density at radius 2 is 1.88 bits per heavy atom. The van der Waals surface area contributed by atoms with E-state index in [0.717, 1.165) is 11.0 Å². The lowest BCUT2D eigenvalue weighted by atomic mass is 10.0. The van der Waals surface area contributed by atoms with Gasteiger partial charge in [0.05, 0.1) is 28.4 Å². The maximum absolute atomic E-state index is 12.5. The lowest BCUT2D eigenvalue weighted by molar-refractivity contribution is -0.385. The molecule has 0 saturated carbocycles. The summed E-state index contributed by atoms with van der Waals surface area (Å²) in [6.07, 6.45) is -0.0550. The van der Waals surface area contributed by atoms with Gasteiger partial charge in [-0.3, -0.25) is 14.9 Å². The molecule has 0 saturated heterocycles. The molecule has 1 unspecified atom stereocenters. The van der Waals surface area contributed by atoms with Crippen LogP contribution < -0.4 is 5.32 Å². The van der Waals surface area contributed by atoms with E-state index in [4.69, 9.17) is 0 Å². The number of nitro groups is 1. The van der Waals surface area contributed by atoms with Crippen LogP contribution in [0.5, 0.6) is 0 Å². The molecular formula is C19H20N4O3. The van der Waals surface area contributed by atoms with Crippen LogP contribution in [-0.2, 0) is 11.2 Å². The Bertz CT molecular complexity index is 916. The number of amides is 1.